The minimum atomic E-state index is -3.34. The van der Waals surface area contributed by atoms with Gasteiger partial charge in [0.05, 0.1) is 6.26 Å². The number of carbonyl (C=O) groups is 1. The molecule has 0 aliphatic carbocycles. The van der Waals surface area contributed by atoms with Crippen LogP contribution in [0.25, 0.3) is 0 Å². The maximum Gasteiger partial charge on any atom is 0.251 e. The fourth-order valence-corrected chi connectivity index (χ4v) is 3.46. The fraction of sp³-hybridized carbons (Fsp3) is 0.588. The van der Waals surface area contributed by atoms with E-state index in [0.29, 0.717) is 17.8 Å². The largest absolute Gasteiger partial charge is 0.352 e. The van der Waals surface area contributed by atoms with Crippen molar-refractivity contribution < 1.29 is 13.2 Å². The fourth-order valence-electron chi connectivity index (χ4n) is 2.90. The quantitative estimate of drug-likeness (QED) is 0.736. The summed E-state index contributed by atoms with van der Waals surface area (Å²) in [6.07, 6.45) is 7.20. The first kappa shape index (κ1) is 18.7. The summed E-state index contributed by atoms with van der Waals surface area (Å²) >= 11 is 0. The second kappa shape index (κ2) is 9.03. The smallest absolute Gasteiger partial charge is 0.251 e. The van der Waals surface area contributed by atoms with Crippen LogP contribution in [0, 0.1) is 0 Å². The Hall–Kier alpha value is -1.60. The Balaban J connectivity index is 1.76. The Kier molecular flexibility index (Phi) is 7.05. The van der Waals surface area contributed by atoms with E-state index in [1.807, 2.05) is 0 Å². The van der Waals surface area contributed by atoms with Gasteiger partial charge in [0, 0.05) is 17.8 Å². The highest BCUT2D eigenvalue weighted by atomic mass is 32.2. The Bertz CT molecular complexity index is 638. The summed E-state index contributed by atoms with van der Waals surface area (Å²) in [5.41, 5.74) is 0.855. The summed E-state index contributed by atoms with van der Waals surface area (Å²) in [7, 11) is -3.34. The molecule has 134 valence electrons. The summed E-state index contributed by atoms with van der Waals surface area (Å²) < 4.78 is 24.9. The summed E-state index contributed by atoms with van der Waals surface area (Å²) in [6.45, 7) is 3.95. The van der Waals surface area contributed by atoms with E-state index < -0.39 is 10.0 Å². The molecule has 0 spiro atoms. The Morgan fingerprint density at radius 2 is 1.88 bits per heavy atom. The van der Waals surface area contributed by atoms with Gasteiger partial charge in [0.15, 0.2) is 0 Å². The number of hydrogen-bond donors (Lipinski definition) is 2. The number of rotatable bonds is 7. The molecule has 0 aromatic heterocycles. The molecule has 1 amide bonds. The van der Waals surface area contributed by atoms with E-state index in [2.05, 4.69) is 14.9 Å². The minimum absolute atomic E-state index is 0.178. The van der Waals surface area contributed by atoms with Gasteiger partial charge in [-0.25, -0.2) is 8.42 Å². The summed E-state index contributed by atoms with van der Waals surface area (Å²) in [6, 6.07) is 6.51. The average Bonchev–Trinajstić information content (AvgIpc) is 2.78. The van der Waals surface area contributed by atoms with Gasteiger partial charge in [-0.1, -0.05) is 18.9 Å². The van der Waals surface area contributed by atoms with Crippen LogP contribution in [0.1, 0.15) is 42.5 Å². The van der Waals surface area contributed by atoms with Crippen LogP contribution in [0.5, 0.6) is 0 Å². The summed E-state index contributed by atoms with van der Waals surface area (Å²) in [5, 5.41) is 2.90. The van der Waals surface area contributed by atoms with Gasteiger partial charge in [0.25, 0.3) is 5.91 Å². The number of likely N-dealkylation sites (tertiary alicyclic amines) is 1. The third-order valence-electron chi connectivity index (χ3n) is 4.06. The van der Waals surface area contributed by atoms with E-state index in [1.54, 1.807) is 24.3 Å². The van der Waals surface area contributed by atoms with Crippen molar-refractivity contribution >= 4 is 21.6 Å². The van der Waals surface area contributed by atoms with Crippen LogP contribution in [-0.4, -0.2) is 51.7 Å². The first-order chi connectivity index (χ1) is 11.4. The molecule has 6 nitrogen and oxygen atoms in total. The molecular formula is C17H27N3O3S. The molecule has 0 bridgehead atoms. The normalized spacial score (nSPS) is 16.4. The van der Waals surface area contributed by atoms with E-state index in [4.69, 9.17) is 0 Å². The van der Waals surface area contributed by atoms with Crippen molar-refractivity contribution in [3.8, 4) is 0 Å². The number of sulfonamides is 1. The van der Waals surface area contributed by atoms with Gasteiger partial charge in [0.1, 0.15) is 0 Å². The van der Waals surface area contributed by atoms with E-state index >= 15 is 0 Å². The van der Waals surface area contributed by atoms with Crippen molar-refractivity contribution in [3.05, 3.63) is 29.8 Å². The monoisotopic (exact) mass is 353 g/mol. The zero-order chi connectivity index (χ0) is 17.4. The lowest BCUT2D eigenvalue weighted by molar-refractivity contribution is 0.0951. The van der Waals surface area contributed by atoms with Crippen LogP contribution in [0.3, 0.4) is 0 Å². The van der Waals surface area contributed by atoms with Crippen LogP contribution in [0.15, 0.2) is 24.3 Å². The molecule has 1 aliphatic heterocycles. The highest BCUT2D eigenvalue weighted by Gasteiger charge is 2.10. The SMILES string of the molecule is CS(=O)(=O)Nc1cccc(C(=O)NCCCN2CCCCCC2)c1. The molecule has 0 saturated carbocycles. The van der Waals surface area contributed by atoms with Gasteiger partial charge in [-0.3, -0.25) is 9.52 Å². The molecule has 1 aromatic carbocycles. The van der Waals surface area contributed by atoms with Gasteiger partial charge in [-0.2, -0.15) is 0 Å². The third-order valence-corrected chi connectivity index (χ3v) is 4.67. The van der Waals surface area contributed by atoms with Crippen molar-refractivity contribution in [3.63, 3.8) is 0 Å². The van der Waals surface area contributed by atoms with Crippen LogP contribution in [-0.2, 0) is 10.0 Å². The predicted molar refractivity (Wildman–Crippen MR) is 96.8 cm³/mol. The van der Waals surface area contributed by atoms with Crippen LogP contribution >= 0.6 is 0 Å². The topological polar surface area (TPSA) is 78.5 Å². The summed E-state index contributed by atoms with van der Waals surface area (Å²) in [4.78, 5) is 14.6. The Morgan fingerprint density at radius 3 is 2.54 bits per heavy atom. The van der Waals surface area contributed by atoms with Gasteiger partial charge in [-0.15, -0.1) is 0 Å². The second-order valence-electron chi connectivity index (χ2n) is 6.32. The summed E-state index contributed by atoms with van der Waals surface area (Å²) in [5.74, 6) is -0.178. The molecule has 1 aliphatic rings. The molecule has 0 unspecified atom stereocenters. The number of amides is 1. The van der Waals surface area contributed by atoms with Crippen LogP contribution in [0.2, 0.25) is 0 Å². The van der Waals surface area contributed by atoms with E-state index in [-0.39, 0.29) is 5.91 Å². The predicted octanol–water partition coefficient (Wildman–Crippen LogP) is 2.05. The molecule has 0 atom stereocenters. The highest BCUT2D eigenvalue weighted by Crippen LogP contribution is 2.12. The highest BCUT2D eigenvalue weighted by molar-refractivity contribution is 7.92. The van der Waals surface area contributed by atoms with E-state index in [1.165, 1.54) is 25.7 Å². The van der Waals surface area contributed by atoms with E-state index in [9.17, 15) is 13.2 Å². The van der Waals surface area contributed by atoms with Gasteiger partial charge >= 0.3 is 0 Å². The third kappa shape index (κ3) is 6.88. The lowest BCUT2D eigenvalue weighted by atomic mass is 10.2. The molecule has 0 radical (unpaired) electrons. The molecular weight excluding hydrogens is 326 g/mol. The zero-order valence-corrected chi connectivity index (χ0v) is 15.1. The molecule has 2 N–H and O–H groups in total. The van der Waals surface area contributed by atoms with Crippen molar-refractivity contribution in [2.75, 3.05) is 37.2 Å². The molecule has 1 saturated heterocycles. The van der Waals surface area contributed by atoms with Crippen molar-refractivity contribution in [1.82, 2.24) is 10.2 Å². The minimum Gasteiger partial charge on any atom is -0.352 e. The lowest BCUT2D eigenvalue weighted by Crippen LogP contribution is -2.30. The number of carbonyl (C=O) groups excluding carboxylic acids is 1. The maximum atomic E-state index is 12.2. The Labute approximate surface area is 144 Å². The van der Waals surface area contributed by atoms with Gasteiger partial charge in [-0.05, 0) is 57.1 Å². The second-order valence-corrected chi connectivity index (χ2v) is 8.07. The molecule has 1 fully saturated rings. The standard InChI is InChI=1S/C17H27N3O3S/c1-24(22,23)19-16-9-6-8-15(14-16)17(21)18-10-7-13-20-11-4-2-3-5-12-20/h6,8-9,14,19H,2-5,7,10-13H2,1H3,(H,18,21). The maximum absolute atomic E-state index is 12.2. The average molecular weight is 353 g/mol. The lowest BCUT2D eigenvalue weighted by Gasteiger charge is -2.19. The van der Waals surface area contributed by atoms with Gasteiger partial charge < -0.3 is 10.2 Å². The van der Waals surface area contributed by atoms with Gasteiger partial charge in [0.2, 0.25) is 10.0 Å². The molecule has 2 rings (SSSR count). The first-order valence-corrected chi connectivity index (χ1v) is 10.4. The van der Waals surface area contributed by atoms with Crippen molar-refractivity contribution in [2.45, 2.75) is 32.1 Å². The Morgan fingerprint density at radius 1 is 1.17 bits per heavy atom. The first-order valence-electron chi connectivity index (χ1n) is 8.52. The molecule has 1 heterocycles. The number of hydrogen-bond acceptors (Lipinski definition) is 4. The van der Waals surface area contributed by atoms with Crippen LogP contribution < -0.4 is 10.0 Å². The molecule has 1 aromatic rings. The number of nitrogens with one attached hydrogen (secondary N) is 2. The zero-order valence-electron chi connectivity index (χ0n) is 14.3. The van der Waals surface area contributed by atoms with E-state index in [0.717, 1.165) is 32.3 Å². The number of benzene rings is 1. The molecule has 24 heavy (non-hydrogen) atoms. The van der Waals surface area contributed by atoms with Crippen molar-refractivity contribution in [1.29, 1.82) is 0 Å². The number of anilines is 1. The molecule has 7 heteroatoms. The van der Waals surface area contributed by atoms with Crippen LogP contribution in [0.4, 0.5) is 5.69 Å². The van der Waals surface area contributed by atoms with Crippen molar-refractivity contribution in [2.24, 2.45) is 0 Å². The number of nitrogens with zero attached hydrogens (tertiary/aromatic N) is 1.